The maximum Gasteiger partial charge on any atom is 0.247 e. The molecule has 86 valence electrons. The van der Waals surface area contributed by atoms with E-state index in [4.69, 9.17) is 5.73 Å². The summed E-state index contributed by atoms with van der Waals surface area (Å²) in [7, 11) is 0. The maximum absolute atomic E-state index is 10.9. The third-order valence-electron chi connectivity index (χ3n) is 2.74. The molecule has 2 aromatic carbocycles. The van der Waals surface area contributed by atoms with Crippen LogP contribution in [0.5, 0.6) is 0 Å². The van der Waals surface area contributed by atoms with E-state index in [0.717, 1.165) is 10.8 Å². The summed E-state index contributed by atoms with van der Waals surface area (Å²) in [5, 5.41) is 12.0. The fourth-order valence-electron chi connectivity index (χ4n) is 1.71. The fourth-order valence-corrected chi connectivity index (χ4v) is 1.71. The number of primary amides is 1. The van der Waals surface area contributed by atoms with Crippen molar-refractivity contribution >= 4 is 16.7 Å². The van der Waals surface area contributed by atoms with Gasteiger partial charge in [-0.3, -0.25) is 4.79 Å². The van der Waals surface area contributed by atoms with Crippen molar-refractivity contribution in [3.8, 4) is 0 Å². The van der Waals surface area contributed by atoms with Crippen LogP contribution in [0.3, 0.4) is 0 Å². The monoisotopic (exact) mass is 227 g/mol. The SMILES string of the molecule is C=C(C(N)=O)C(O)c1ccc2ccccc2c1. The van der Waals surface area contributed by atoms with Gasteiger partial charge in [-0.05, 0) is 22.4 Å². The number of hydrogen-bond acceptors (Lipinski definition) is 2. The second-order valence-electron chi connectivity index (χ2n) is 3.90. The Bertz CT molecular complexity index is 590. The van der Waals surface area contributed by atoms with Crippen LogP contribution in [0.15, 0.2) is 54.6 Å². The maximum atomic E-state index is 10.9. The van der Waals surface area contributed by atoms with Crippen molar-refractivity contribution in [2.75, 3.05) is 0 Å². The van der Waals surface area contributed by atoms with Crippen LogP contribution < -0.4 is 5.73 Å². The Morgan fingerprint density at radius 1 is 1.18 bits per heavy atom. The second kappa shape index (κ2) is 4.39. The lowest BCUT2D eigenvalue weighted by atomic mass is 9.99. The van der Waals surface area contributed by atoms with Gasteiger partial charge in [-0.25, -0.2) is 0 Å². The summed E-state index contributed by atoms with van der Waals surface area (Å²) in [6, 6.07) is 13.3. The average molecular weight is 227 g/mol. The number of aliphatic hydroxyl groups excluding tert-OH is 1. The summed E-state index contributed by atoms with van der Waals surface area (Å²) in [6.07, 6.45) is -1.04. The highest BCUT2D eigenvalue weighted by Gasteiger charge is 2.15. The molecule has 3 N–H and O–H groups in total. The first-order valence-corrected chi connectivity index (χ1v) is 5.25. The van der Waals surface area contributed by atoms with Crippen LogP contribution in [0.4, 0.5) is 0 Å². The highest BCUT2D eigenvalue weighted by Crippen LogP contribution is 2.24. The van der Waals surface area contributed by atoms with E-state index >= 15 is 0 Å². The third kappa shape index (κ3) is 2.19. The minimum Gasteiger partial charge on any atom is -0.383 e. The van der Waals surface area contributed by atoms with Crippen LogP contribution in [0, 0.1) is 0 Å². The van der Waals surface area contributed by atoms with Crippen LogP contribution in [0.2, 0.25) is 0 Å². The number of carbonyl (C=O) groups is 1. The summed E-state index contributed by atoms with van der Waals surface area (Å²) in [4.78, 5) is 10.9. The van der Waals surface area contributed by atoms with E-state index in [0.29, 0.717) is 5.56 Å². The molecular weight excluding hydrogens is 214 g/mol. The number of fused-ring (bicyclic) bond motifs is 1. The lowest BCUT2D eigenvalue weighted by Crippen LogP contribution is -2.18. The van der Waals surface area contributed by atoms with Crippen molar-refractivity contribution < 1.29 is 9.90 Å². The molecule has 0 bridgehead atoms. The summed E-state index contributed by atoms with van der Waals surface area (Å²) in [6.45, 7) is 3.49. The van der Waals surface area contributed by atoms with Crippen molar-refractivity contribution in [2.24, 2.45) is 5.73 Å². The Labute approximate surface area is 99.2 Å². The topological polar surface area (TPSA) is 63.3 Å². The number of benzene rings is 2. The van der Waals surface area contributed by atoms with Crippen molar-refractivity contribution in [3.05, 3.63) is 60.2 Å². The molecular formula is C14H13NO2. The first-order valence-electron chi connectivity index (χ1n) is 5.25. The predicted molar refractivity (Wildman–Crippen MR) is 67.2 cm³/mol. The third-order valence-corrected chi connectivity index (χ3v) is 2.74. The van der Waals surface area contributed by atoms with E-state index < -0.39 is 12.0 Å². The molecule has 0 spiro atoms. The van der Waals surface area contributed by atoms with Gasteiger partial charge in [-0.2, -0.15) is 0 Å². The first kappa shape index (κ1) is 11.4. The standard InChI is InChI=1S/C14H13NO2/c1-9(14(15)17)13(16)12-7-6-10-4-2-3-5-11(10)8-12/h2-8,13,16H,1H2,(H2,15,17). The lowest BCUT2D eigenvalue weighted by Gasteiger charge is -2.12. The normalized spacial score (nSPS) is 12.3. The van der Waals surface area contributed by atoms with Crippen LogP contribution in [-0.2, 0) is 4.79 Å². The minimum atomic E-state index is -1.04. The van der Waals surface area contributed by atoms with E-state index in [9.17, 15) is 9.90 Å². The predicted octanol–water partition coefficient (Wildman–Crippen LogP) is 1.91. The van der Waals surface area contributed by atoms with Gasteiger partial charge in [0, 0.05) is 5.57 Å². The molecule has 0 aromatic heterocycles. The molecule has 1 amide bonds. The number of amides is 1. The Morgan fingerprint density at radius 2 is 1.82 bits per heavy atom. The molecule has 0 fully saturated rings. The summed E-state index contributed by atoms with van der Waals surface area (Å²) in [5.41, 5.74) is 5.71. The molecule has 0 radical (unpaired) electrons. The number of carbonyl (C=O) groups excluding carboxylic acids is 1. The molecule has 0 saturated carbocycles. The summed E-state index contributed by atoms with van der Waals surface area (Å²) >= 11 is 0. The lowest BCUT2D eigenvalue weighted by molar-refractivity contribution is -0.115. The van der Waals surface area contributed by atoms with E-state index in [1.807, 2.05) is 36.4 Å². The highest BCUT2D eigenvalue weighted by atomic mass is 16.3. The van der Waals surface area contributed by atoms with Crippen LogP contribution in [0.25, 0.3) is 10.8 Å². The molecule has 0 heterocycles. The van der Waals surface area contributed by atoms with E-state index in [2.05, 4.69) is 6.58 Å². The van der Waals surface area contributed by atoms with Crippen LogP contribution in [-0.4, -0.2) is 11.0 Å². The van der Waals surface area contributed by atoms with E-state index in [1.54, 1.807) is 6.07 Å². The van der Waals surface area contributed by atoms with E-state index in [1.165, 1.54) is 0 Å². The largest absolute Gasteiger partial charge is 0.383 e. The molecule has 2 rings (SSSR count). The molecule has 1 unspecified atom stereocenters. The number of rotatable bonds is 3. The van der Waals surface area contributed by atoms with Gasteiger partial charge in [0.05, 0.1) is 0 Å². The molecule has 0 aliphatic heterocycles. The van der Waals surface area contributed by atoms with Gasteiger partial charge in [0.2, 0.25) is 5.91 Å². The smallest absolute Gasteiger partial charge is 0.247 e. The molecule has 1 atom stereocenters. The Hall–Kier alpha value is -2.13. The molecule has 0 aliphatic carbocycles. The first-order chi connectivity index (χ1) is 8.09. The summed E-state index contributed by atoms with van der Waals surface area (Å²) < 4.78 is 0. The Morgan fingerprint density at radius 3 is 2.47 bits per heavy atom. The second-order valence-corrected chi connectivity index (χ2v) is 3.90. The van der Waals surface area contributed by atoms with Gasteiger partial charge in [0.1, 0.15) is 6.10 Å². The minimum absolute atomic E-state index is 0.000260. The van der Waals surface area contributed by atoms with Gasteiger partial charge in [-0.1, -0.05) is 43.0 Å². The quantitative estimate of drug-likeness (QED) is 0.787. The van der Waals surface area contributed by atoms with Crippen LogP contribution in [0.1, 0.15) is 11.7 Å². The van der Waals surface area contributed by atoms with Gasteiger partial charge < -0.3 is 10.8 Å². The van der Waals surface area contributed by atoms with Gasteiger partial charge in [0.25, 0.3) is 0 Å². The zero-order valence-corrected chi connectivity index (χ0v) is 9.26. The van der Waals surface area contributed by atoms with Crippen molar-refractivity contribution in [3.63, 3.8) is 0 Å². The zero-order chi connectivity index (χ0) is 12.4. The number of hydrogen-bond donors (Lipinski definition) is 2. The fraction of sp³-hybridized carbons (Fsp3) is 0.0714. The number of nitrogens with two attached hydrogens (primary N) is 1. The van der Waals surface area contributed by atoms with E-state index in [-0.39, 0.29) is 5.57 Å². The van der Waals surface area contributed by atoms with Gasteiger partial charge >= 0.3 is 0 Å². The average Bonchev–Trinajstić information content (AvgIpc) is 2.36. The highest BCUT2D eigenvalue weighted by molar-refractivity contribution is 5.93. The van der Waals surface area contributed by atoms with Gasteiger partial charge in [-0.15, -0.1) is 0 Å². The molecule has 0 saturated heterocycles. The van der Waals surface area contributed by atoms with Gasteiger partial charge in [0.15, 0.2) is 0 Å². The Balaban J connectivity index is 2.43. The van der Waals surface area contributed by atoms with Crippen molar-refractivity contribution in [1.29, 1.82) is 0 Å². The molecule has 3 nitrogen and oxygen atoms in total. The Kier molecular flexibility index (Phi) is 2.93. The molecule has 2 aromatic rings. The van der Waals surface area contributed by atoms with Crippen molar-refractivity contribution in [2.45, 2.75) is 6.10 Å². The van der Waals surface area contributed by atoms with Crippen LogP contribution >= 0.6 is 0 Å². The van der Waals surface area contributed by atoms with Crippen molar-refractivity contribution in [1.82, 2.24) is 0 Å². The zero-order valence-electron chi connectivity index (χ0n) is 9.26. The molecule has 0 aliphatic rings. The molecule has 3 heteroatoms. The molecule has 17 heavy (non-hydrogen) atoms. The number of aliphatic hydroxyl groups is 1. The summed E-state index contributed by atoms with van der Waals surface area (Å²) in [5.74, 6) is -0.689.